The Labute approximate surface area is 96.6 Å². The van der Waals surface area contributed by atoms with Crippen LogP contribution < -0.4 is 10.6 Å². The second kappa shape index (κ2) is 9.15. The molecule has 2 amide bonds. The maximum absolute atomic E-state index is 11.3. The molecule has 0 aromatic carbocycles. The number of rotatable bonds is 8. The third-order valence-electron chi connectivity index (χ3n) is 2.06. The van der Waals surface area contributed by atoms with Gasteiger partial charge in [-0.15, -0.1) is 0 Å². The molecule has 0 bridgehead atoms. The van der Waals surface area contributed by atoms with Crippen molar-refractivity contribution >= 4 is 11.8 Å². The molecular formula is C11H22N2O3. The summed E-state index contributed by atoms with van der Waals surface area (Å²) in [6, 6.07) is -0.221. The van der Waals surface area contributed by atoms with Gasteiger partial charge in [0, 0.05) is 25.4 Å². The van der Waals surface area contributed by atoms with Gasteiger partial charge >= 0.3 is 0 Å². The van der Waals surface area contributed by atoms with E-state index in [-0.39, 0.29) is 24.5 Å². The monoisotopic (exact) mass is 230 g/mol. The van der Waals surface area contributed by atoms with Gasteiger partial charge in [0.1, 0.15) is 0 Å². The molecule has 0 saturated heterocycles. The Balaban J connectivity index is 3.50. The van der Waals surface area contributed by atoms with Gasteiger partial charge < -0.3 is 15.7 Å². The molecule has 0 aliphatic rings. The first kappa shape index (κ1) is 14.9. The van der Waals surface area contributed by atoms with Crippen molar-refractivity contribution in [1.29, 1.82) is 0 Å². The van der Waals surface area contributed by atoms with Gasteiger partial charge in [-0.1, -0.05) is 6.92 Å². The minimum Gasteiger partial charge on any atom is -0.394 e. The second-order valence-corrected chi connectivity index (χ2v) is 3.85. The van der Waals surface area contributed by atoms with Crippen molar-refractivity contribution in [2.24, 2.45) is 0 Å². The first-order valence-electron chi connectivity index (χ1n) is 5.77. The van der Waals surface area contributed by atoms with Crippen LogP contribution in [0.15, 0.2) is 0 Å². The van der Waals surface area contributed by atoms with E-state index in [0.717, 1.165) is 6.42 Å². The molecule has 0 spiro atoms. The Hall–Kier alpha value is -1.10. The topological polar surface area (TPSA) is 78.4 Å². The Morgan fingerprint density at radius 1 is 1.25 bits per heavy atom. The lowest BCUT2D eigenvalue weighted by Gasteiger charge is -2.10. The normalized spacial score (nSPS) is 11.9. The van der Waals surface area contributed by atoms with Gasteiger partial charge in [-0.05, 0) is 19.8 Å². The van der Waals surface area contributed by atoms with Crippen LogP contribution in [0.1, 0.15) is 39.5 Å². The molecule has 5 heteroatoms. The van der Waals surface area contributed by atoms with E-state index in [1.807, 2.05) is 6.92 Å². The molecule has 0 heterocycles. The van der Waals surface area contributed by atoms with Crippen molar-refractivity contribution in [3.8, 4) is 0 Å². The smallest absolute Gasteiger partial charge is 0.220 e. The standard InChI is InChI=1S/C11H22N2O3/c1-3-7-12-10(15)5-4-6-11(16)13-9(2)8-14/h9,14H,3-8H2,1-2H3,(H,12,15)(H,13,16). The van der Waals surface area contributed by atoms with Crippen LogP contribution in [0.3, 0.4) is 0 Å². The van der Waals surface area contributed by atoms with Crippen LogP contribution in [0.25, 0.3) is 0 Å². The lowest BCUT2D eigenvalue weighted by molar-refractivity contribution is -0.122. The Morgan fingerprint density at radius 2 is 1.88 bits per heavy atom. The quantitative estimate of drug-likeness (QED) is 0.556. The fourth-order valence-corrected chi connectivity index (χ4v) is 1.15. The summed E-state index contributed by atoms with van der Waals surface area (Å²) in [5.74, 6) is -0.130. The average Bonchev–Trinajstić information content (AvgIpc) is 2.26. The first-order valence-corrected chi connectivity index (χ1v) is 5.77. The third kappa shape index (κ3) is 8.23. The number of carbonyl (C=O) groups is 2. The molecule has 0 aromatic rings. The first-order chi connectivity index (χ1) is 7.60. The van der Waals surface area contributed by atoms with Crippen molar-refractivity contribution in [1.82, 2.24) is 10.6 Å². The lowest BCUT2D eigenvalue weighted by Crippen LogP contribution is -2.35. The highest BCUT2D eigenvalue weighted by Crippen LogP contribution is 1.96. The van der Waals surface area contributed by atoms with E-state index in [1.54, 1.807) is 6.92 Å². The largest absolute Gasteiger partial charge is 0.394 e. The predicted molar refractivity (Wildman–Crippen MR) is 61.8 cm³/mol. The number of carbonyl (C=O) groups excluding carboxylic acids is 2. The van der Waals surface area contributed by atoms with Gasteiger partial charge in [0.15, 0.2) is 0 Å². The Bertz CT molecular complexity index is 219. The van der Waals surface area contributed by atoms with Crippen LogP contribution in [0.5, 0.6) is 0 Å². The van der Waals surface area contributed by atoms with E-state index in [0.29, 0.717) is 25.8 Å². The van der Waals surface area contributed by atoms with Crippen molar-refractivity contribution < 1.29 is 14.7 Å². The molecule has 3 N–H and O–H groups in total. The zero-order chi connectivity index (χ0) is 12.4. The molecule has 0 aliphatic heterocycles. The molecule has 0 radical (unpaired) electrons. The molecule has 0 saturated carbocycles. The van der Waals surface area contributed by atoms with Gasteiger partial charge in [0.25, 0.3) is 0 Å². The number of aliphatic hydroxyl groups is 1. The molecule has 0 aliphatic carbocycles. The number of hydrogen-bond acceptors (Lipinski definition) is 3. The molecule has 1 unspecified atom stereocenters. The summed E-state index contributed by atoms with van der Waals surface area (Å²) in [6.07, 6.45) is 2.16. The number of nitrogens with one attached hydrogen (secondary N) is 2. The summed E-state index contributed by atoms with van der Waals surface area (Å²) in [7, 11) is 0. The Morgan fingerprint density at radius 3 is 2.44 bits per heavy atom. The van der Waals surface area contributed by atoms with Crippen molar-refractivity contribution in [3.63, 3.8) is 0 Å². The lowest BCUT2D eigenvalue weighted by atomic mass is 10.2. The van der Waals surface area contributed by atoms with Crippen molar-refractivity contribution in [2.75, 3.05) is 13.2 Å². The number of amides is 2. The van der Waals surface area contributed by atoms with Gasteiger partial charge in [-0.25, -0.2) is 0 Å². The van der Waals surface area contributed by atoms with Crippen LogP contribution >= 0.6 is 0 Å². The second-order valence-electron chi connectivity index (χ2n) is 3.85. The van der Waals surface area contributed by atoms with Crippen LogP contribution in [0.4, 0.5) is 0 Å². The van der Waals surface area contributed by atoms with E-state index < -0.39 is 0 Å². The number of aliphatic hydroxyl groups excluding tert-OH is 1. The van der Waals surface area contributed by atoms with Gasteiger partial charge in [0.2, 0.25) is 11.8 Å². The molecule has 94 valence electrons. The maximum atomic E-state index is 11.3. The summed E-state index contributed by atoms with van der Waals surface area (Å²) in [6.45, 7) is 4.34. The fourth-order valence-electron chi connectivity index (χ4n) is 1.15. The molecule has 1 atom stereocenters. The van der Waals surface area contributed by atoms with Crippen LogP contribution in [0.2, 0.25) is 0 Å². The molecule has 5 nitrogen and oxygen atoms in total. The molecule has 0 aromatic heterocycles. The molecular weight excluding hydrogens is 208 g/mol. The van der Waals surface area contributed by atoms with Crippen LogP contribution in [0, 0.1) is 0 Å². The summed E-state index contributed by atoms with van der Waals surface area (Å²) < 4.78 is 0. The maximum Gasteiger partial charge on any atom is 0.220 e. The molecule has 0 rings (SSSR count). The zero-order valence-corrected chi connectivity index (χ0v) is 10.1. The minimum absolute atomic E-state index is 0.00939. The van der Waals surface area contributed by atoms with Crippen molar-refractivity contribution in [3.05, 3.63) is 0 Å². The minimum atomic E-state index is -0.221. The van der Waals surface area contributed by atoms with E-state index >= 15 is 0 Å². The third-order valence-corrected chi connectivity index (χ3v) is 2.06. The zero-order valence-electron chi connectivity index (χ0n) is 10.1. The number of hydrogen-bond donors (Lipinski definition) is 3. The summed E-state index contributed by atoms with van der Waals surface area (Å²) in [5.41, 5.74) is 0. The van der Waals surface area contributed by atoms with Gasteiger partial charge in [-0.2, -0.15) is 0 Å². The SMILES string of the molecule is CCCNC(=O)CCCC(=O)NC(C)CO. The predicted octanol–water partition coefficient (Wildman–Crippen LogP) is 0.180. The summed E-state index contributed by atoms with van der Waals surface area (Å²) in [5, 5.41) is 14.1. The van der Waals surface area contributed by atoms with E-state index in [1.165, 1.54) is 0 Å². The molecule has 0 fully saturated rings. The van der Waals surface area contributed by atoms with E-state index in [9.17, 15) is 9.59 Å². The van der Waals surface area contributed by atoms with E-state index in [2.05, 4.69) is 10.6 Å². The Kier molecular flexibility index (Phi) is 8.52. The van der Waals surface area contributed by atoms with Crippen LogP contribution in [-0.4, -0.2) is 36.1 Å². The highest BCUT2D eigenvalue weighted by atomic mass is 16.3. The van der Waals surface area contributed by atoms with E-state index in [4.69, 9.17) is 5.11 Å². The average molecular weight is 230 g/mol. The van der Waals surface area contributed by atoms with Gasteiger partial charge in [0.05, 0.1) is 6.61 Å². The highest BCUT2D eigenvalue weighted by Gasteiger charge is 2.07. The van der Waals surface area contributed by atoms with Crippen LogP contribution in [-0.2, 0) is 9.59 Å². The fraction of sp³-hybridized carbons (Fsp3) is 0.818. The summed E-state index contributed by atoms with van der Waals surface area (Å²) in [4.78, 5) is 22.4. The van der Waals surface area contributed by atoms with Crippen molar-refractivity contribution in [2.45, 2.75) is 45.6 Å². The molecule has 16 heavy (non-hydrogen) atoms. The summed E-state index contributed by atoms with van der Waals surface area (Å²) >= 11 is 0. The highest BCUT2D eigenvalue weighted by molar-refractivity contribution is 5.78. The van der Waals surface area contributed by atoms with Gasteiger partial charge in [-0.3, -0.25) is 9.59 Å².